The van der Waals surface area contributed by atoms with Gasteiger partial charge in [-0.05, 0) is 62.6 Å². The molecule has 10 nitrogen and oxygen atoms in total. The topological polar surface area (TPSA) is 126 Å². The predicted octanol–water partition coefficient (Wildman–Crippen LogP) is 2.89. The number of carbonyl (C=O) groups excluding carboxylic acids is 4. The van der Waals surface area contributed by atoms with Crippen LogP contribution in [0.4, 0.5) is 0 Å². The van der Waals surface area contributed by atoms with Crippen molar-refractivity contribution in [2.75, 3.05) is 13.7 Å². The van der Waals surface area contributed by atoms with Crippen LogP contribution < -0.4 is 16.1 Å². The summed E-state index contributed by atoms with van der Waals surface area (Å²) < 4.78 is 11.4. The summed E-state index contributed by atoms with van der Waals surface area (Å²) in [6.07, 6.45) is 5.64. The maximum atomic E-state index is 13.2. The molecule has 1 fully saturated rings. The standard InChI is InChI=1S/C30H44N4O6/c1-18(2)26-28(36)31-20(4)29(37)34-16-10-14-24(33-34)30(38)40-21(5)23-13-9-12-22(17-23)11-7-8-15-25(39-6)19(3)27(35)32-26/h7,9,11-13,17-21,24-26,33H,8,10,14-16H2,1-6H3,(H,31,36)(H,32,35)/t19-,20+,21+,24+,25-,26+/m1/s1. The van der Waals surface area contributed by atoms with E-state index in [1.807, 2.05) is 57.2 Å². The Hall–Kier alpha value is -3.24. The van der Waals surface area contributed by atoms with Gasteiger partial charge >= 0.3 is 5.97 Å². The second kappa shape index (κ2) is 14.4. The number of ether oxygens (including phenoxy) is 2. The van der Waals surface area contributed by atoms with Crippen molar-refractivity contribution in [1.29, 1.82) is 0 Å². The number of nitrogens with zero attached hydrogens (tertiary/aromatic N) is 1. The summed E-state index contributed by atoms with van der Waals surface area (Å²) >= 11 is 0. The van der Waals surface area contributed by atoms with Gasteiger partial charge < -0.3 is 20.1 Å². The van der Waals surface area contributed by atoms with Crippen molar-refractivity contribution in [3.8, 4) is 0 Å². The first-order chi connectivity index (χ1) is 19.0. The van der Waals surface area contributed by atoms with E-state index in [4.69, 9.17) is 9.47 Å². The van der Waals surface area contributed by atoms with Crippen molar-refractivity contribution in [2.45, 2.75) is 90.6 Å². The zero-order valence-electron chi connectivity index (χ0n) is 24.4. The van der Waals surface area contributed by atoms with E-state index in [1.165, 1.54) is 5.01 Å². The third kappa shape index (κ3) is 8.14. The lowest BCUT2D eigenvalue weighted by atomic mass is 9.96. The molecule has 0 aliphatic carbocycles. The molecule has 0 aromatic heterocycles. The molecule has 1 aromatic rings. The molecule has 40 heavy (non-hydrogen) atoms. The summed E-state index contributed by atoms with van der Waals surface area (Å²) in [7, 11) is 1.58. The SMILES string of the molecule is CO[C@@H]1CCC=Cc2cccc(c2)[C@H](C)OC(=O)[C@@H]2CCCN(N2)C(=O)[C@H](C)NC(=O)[C@H](C(C)C)NC(=O)[C@@H]1C. The second-order valence-electron chi connectivity index (χ2n) is 11.1. The molecule has 6 atom stereocenters. The Morgan fingerprint density at radius 1 is 1.02 bits per heavy atom. The normalized spacial score (nSPS) is 29.6. The molecule has 220 valence electrons. The smallest absolute Gasteiger partial charge is 0.325 e. The van der Waals surface area contributed by atoms with Gasteiger partial charge in [-0.1, -0.05) is 51.1 Å². The average Bonchev–Trinajstić information content (AvgIpc) is 2.94. The zero-order chi connectivity index (χ0) is 29.4. The van der Waals surface area contributed by atoms with Crippen LogP contribution in [-0.4, -0.2) is 66.6 Å². The molecule has 2 aliphatic rings. The fraction of sp³-hybridized carbons (Fsp3) is 0.600. The molecular formula is C30H44N4O6. The van der Waals surface area contributed by atoms with Crippen molar-refractivity contribution >= 4 is 29.8 Å². The van der Waals surface area contributed by atoms with Crippen LogP contribution in [-0.2, 0) is 28.7 Å². The predicted molar refractivity (Wildman–Crippen MR) is 151 cm³/mol. The molecule has 2 heterocycles. The number of fused-ring (bicyclic) bond motifs is 4. The fourth-order valence-electron chi connectivity index (χ4n) is 4.99. The molecule has 0 unspecified atom stereocenters. The lowest BCUT2D eigenvalue weighted by Gasteiger charge is -2.35. The van der Waals surface area contributed by atoms with Gasteiger partial charge in [0.25, 0.3) is 5.91 Å². The van der Waals surface area contributed by atoms with E-state index in [0.717, 1.165) is 11.1 Å². The summed E-state index contributed by atoms with van der Waals surface area (Å²) in [6.45, 7) is 9.27. The Kier molecular flexibility index (Phi) is 11.3. The molecule has 3 N–H and O–H groups in total. The van der Waals surface area contributed by atoms with Crippen LogP contribution >= 0.6 is 0 Å². The van der Waals surface area contributed by atoms with Gasteiger partial charge in [-0.25, -0.2) is 5.43 Å². The molecule has 1 saturated heterocycles. The number of rotatable bonds is 2. The van der Waals surface area contributed by atoms with Crippen LogP contribution in [0.25, 0.3) is 6.08 Å². The molecule has 3 rings (SSSR count). The van der Waals surface area contributed by atoms with E-state index >= 15 is 0 Å². The first-order valence-corrected chi connectivity index (χ1v) is 14.2. The Morgan fingerprint density at radius 2 is 1.77 bits per heavy atom. The first-order valence-electron chi connectivity index (χ1n) is 14.2. The van der Waals surface area contributed by atoms with E-state index < -0.39 is 42.0 Å². The number of methoxy groups -OCH3 is 1. The van der Waals surface area contributed by atoms with Crippen LogP contribution in [0.3, 0.4) is 0 Å². The monoisotopic (exact) mass is 556 g/mol. The highest BCUT2D eigenvalue weighted by Gasteiger charge is 2.34. The third-order valence-corrected chi connectivity index (χ3v) is 7.59. The largest absolute Gasteiger partial charge is 0.457 e. The number of esters is 1. The molecule has 10 heteroatoms. The number of cyclic esters (lactones) is 1. The van der Waals surface area contributed by atoms with E-state index in [9.17, 15) is 19.2 Å². The van der Waals surface area contributed by atoms with Crippen LogP contribution in [0, 0.1) is 11.8 Å². The van der Waals surface area contributed by atoms with Crippen molar-refractivity contribution in [3.05, 3.63) is 41.5 Å². The summed E-state index contributed by atoms with van der Waals surface area (Å²) in [5.41, 5.74) is 4.81. The molecule has 0 saturated carbocycles. The number of amides is 3. The molecule has 0 radical (unpaired) electrons. The number of hydrogen-bond acceptors (Lipinski definition) is 7. The highest BCUT2D eigenvalue weighted by molar-refractivity contribution is 5.92. The average molecular weight is 557 g/mol. The van der Waals surface area contributed by atoms with Gasteiger partial charge in [0.1, 0.15) is 24.2 Å². The van der Waals surface area contributed by atoms with E-state index in [0.29, 0.717) is 32.2 Å². The Bertz CT molecular complexity index is 1090. The van der Waals surface area contributed by atoms with Gasteiger partial charge in [0, 0.05) is 13.7 Å². The highest BCUT2D eigenvalue weighted by atomic mass is 16.5. The lowest BCUT2D eigenvalue weighted by molar-refractivity contribution is -0.157. The fourth-order valence-corrected chi connectivity index (χ4v) is 4.99. The second-order valence-corrected chi connectivity index (χ2v) is 11.1. The van der Waals surface area contributed by atoms with Crippen LogP contribution in [0.5, 0.6) is 0 Å². The maximum Gasteiger partial charge on any atom is 0.325 e. The quantitative estimate of drug-likeness (QED) is 0.478. The van der Waals surface area contributed by atoms with Gasteiger partial charge in [-0.2, -0.15) is 0 Å². The van der Waals surface area contributed by atoms with Gasteiger partial charge in [0.2, 0.25) is 11.8 Å². The maximum absolute atomic E-state index is 13.2. The summed E-state index contributed by atoms with van der Waals surface area (Å²) in [6, 6.07) is 5.40. The third-order valence-electron chi connectivity index (χ3n) is 7.59. The lowest BCUT2D eigenvalue weighted by Crippen LogP contribution is -2.61. The molecule has 0 spiro atoms. The zero-order valence-corrected chi connectivity index (χ0v) is 24.4. The molecule has 4 bridgehead atoms. The van der Waals surface area contributed by atoms with Crippen LogP contribution in [0.15, 0.2) is 30.3 Å². The van der Waals surface area contributed by atoms with Crippen LogP contribution in [0.1, 0.15) is 77.5 Å². The number of benzene rings is 1. The van der Waals surface area contributed by atoms with Gasteiger partial charge in [0.05, 0.1) is 12.0 Å². The number of carbonyl (C=O) groups is 4. The van der Waals surface area contributed by atoms with Crippen molar-refractivity contribution in [2.24, 2.45) is 11.8 Å². The first kappa shape index (κ1) is 31.3. The van der Waals surface area contributed by atoms with Gasteiger partial charge in [-0.15, -0.1) is 0 Å². The van der Waals surface area contributed by atoms with E-state index in [1.54, 1.807) is 21.0 Å². The Labute approximate surface area is 237 Å². The number of hydrazine groups is 1. The number of nitrogens with one attached hydrogen (secondary N) is 3. The Balaban J connectivity index is 1.87. The van der Waals surface area contributed by atoms with Gasteiger partial charge in [-0.3, -0.25) is 24.2 Å². The van der Waals surface area contributed by atoms with E-state index in [2.05, 4.69) is 16.1 Å². The van der Waals surface area contributed by atoms with E-state index in [-0.39, 0.29) is 23.8 Å². The molecule has 2 aliphatic heterocycles. The van der Waals surface area contributed by atoms with Crippen molar-refractivity contribution in [3.63, 3.8) is 0 Å². The van der Waals surface area contributed by atoms with Crippen LogP contribution in [0.2, 0.25) is 0 Å². The summed E-state index contributed by atoms with van der Waals surface area (Å²) in [4.78, 5) is 52.5. The summed E-state index contributed by atoms with van der Waals surface area (Å²) in [5, 5.41) is 6.97. The number of hydrogen-bond donors (Lipinski definition) is 3. The highest BCUT2D eigenvalue weighted by Crippen LogP contribution is 2.22. The minimum absolute atomic E-state index is 0.210. The molecule has 3 amide bonds. The van der Waals surface area contributed by atoms with Gasteiger partial charge in [0.15, 0.2) is 0 Å². The number of allylic oxidation sites excluding steroid dienone is 1. The Morgan fingerprint density at radius 3 is 2.48 bits per heavy atom. The van der Waals surface area contributed by atoms with Crippen molar-refractivity contribution < 1.29 is 28.7 Å². The minimum Gasteiger partial charge on any atom is -0.457 e. The van der Waals surface area contributed by atoms with Crippen molar-refractivity contribution in [1.82, 2.24) is 21.1 Å². The minimum atomic E-state index is -0.872. The molecule has 1 aromatic carbocycles. The summed E-state index contributed by atoms with van der Waals surface area (Å²) in [5.74, 6) is -2.24. The molecular weight excluding hydrogens is 512 g/mol.